The summed E-state index contributed by atoms with van der Waals surface area (Å²) in [5, 5.41) is 10.5. The zero-order valence-electron chi connectivity index (χ0n) is 25.4. The maximum Gasteiger partial charge on any atom is 0.261 e. The van der Waals surface area contributed by atoms with E-state index in [-0.39, 0.29) is 28.8 Å². The quantitative estimate of drug-likeness (QED) is 0.419. The first-order valence-electron chi connectivity index (χ1n) is 15.6. The van der Waals surface area contributed by atoms with Crippen molar-refractivity contribution >= 4 is 5.91 Å². The van der Waals surface area contributed by atoms with E-state index >= 15 is 0 Å². The lowest BCUT2D eigenvalue weighted by Crippen LogP contribution is -2.75. The fourth-order valence-electron chi connectivity index (χ4n) is 7.89. The number of nitrogens with zero attached hydrogens (tertiary/aromatic N) is 2. The molecule has 4 aliphatic rings. The monoisotopic (exact) mass is 568 g/mol. The zero-order valence-corrected chi connectivity index (χ0v) is 25.4. The molecule has 7 rings (SSSR count). The summed E-state index contributed by atoms with van der Waals surface area (Å²) >= 11 is 0. The number of amides is 1. The Morgan fingerprint density at radius 3 is 2.40 bits per heavy atom. The minimum atomic E-state index is -0.645. The first kappa shape index (κ1) is 28.7. The Balaban J connectivity index is 0.00000155. The molecule has 3 atom stereocenters. The Morgan fingerprint density at radius 1 is 1.05 bits per heavy atom. The van der Waals surface area contributed by atoms with Crippen LogP contribution in [-0.4, -0.2) is 50.5 Å². The van der Waals surface area contributed by atoms with E-state index < -0.39 is 11.0 Å². The second-order valence-electron chi connectivity index (χ2n) is 12.8. The van der Waals surface area contributed by atoms with Crippen molar-refractivity contribution in [2.75, 3.05) is 13.1 Å². The van der Waals surface area contributed by atoms with E-state index in [2.05, 4.69) is 23.7 Å². The van der Waals surface area contributed by atoms with E-state index in [1.807, 2.05) is 56.3 Å². The van der Waals surface area contributed by atoms with Gasteiger partial charge in [0.25, 0.3) is 11.5 Å². The Kier molecular flexibility index (Phi) is 7.30. The summed E-state index contributed by atoms with van der Waals surface area (Å²) in [6.07, 6.45) is 4.54. The number of aryl methyl sites for hydroxylation is 1. The summed E-state index contributed by atoms with van der Waals surface area (Å²) < 4.78 is 0. The molecule has 2 aromatic carbocycles. The molecule has 1 amide bonds. The predicted molar refractivity (Wildman–Crippen MR) is 166 cm³/mol. The number of nitrogens with one attached hydrogen (secondary N) is 1. The standard InChI is InChI=1S/C33H38N4O3.C2H6/c1-20-7-10-26(38)14-28(20)32-11-12-36(17-22-8-9-22)21(2)33(32,34)15-25-13-27(30(39)35-29(25)16-32)31(40)37-18-23-5-3-4-6-24(23)19-37;1-2/h3-7,10,13-14,21-22,38H,8-9,11-12,15-19,34H2,1-2H3,(H,35,39);1-2H3. The second kappa shape index (κ2) is 10.7. The summed E-state index contributed by atoms with van der Waals surface area (Å²) in [6, 6.07) is 15.5. The van der Waals surface area contributed by atoms with Crippen molar-refractivity contribution in [3.8, 4) is 5.75 Å². The number of carbonyl (C=O) groups is 1. The van der Waals surface area contributed by atoms with Gasteiger partial charge in [-0.3, -0.25) is 14.5 Å². The molecule has 7 heteroatoms. The molecule has 1 aromatic heterocycles. The van der Waals surface area contributed by atoms with Crippen molar-refractivity contribution in [3.05, 3.63) is 98.0 Å². The third kappa shape index (κ3) is 4.58. The van der Waals surface area contributed by atoms with Crippen molar-refractivity contribution in [1.29, 1.82) is 0 Å². The highest BCUT2D eigenvalue weighted by molar-refractivity contribution is 5.94. The molecule has 0 radical (unpaired) electrons. The highest BCUT2D eigenvalue weighted by atomic mass is 16.3. The van der Waals surface area contributed by atoms with Crippen LogP contribution in [0.5, 0.6) is 5.75 Å². The van der Waals surface area contributed by atoms with Gasteiger partial charge in [0.15, 0.2) is 0 Å². The second-order valence-corrected chi connectivity index (χ2v) is 12.8. The first-order chi connectivity index (χ1) is 20.2. The average Bonchev–Trinajstić information content (AvgIpc) is 3.70. The zero-order chi connectivity index (χ0) is 29.8. The molecule has 0 bridgehead atoms. The van der Waals surface area contributed by atoms with Gasteiger partial charge in [0.05, 0.1) is 0 Å². The number of aromatic nitrogens is 1. The van der Waals surface area contributed by atoms with E-state index in [0.717, 1.165) is 58.9 Å². The SMILES string of the molecule is CC.Cc1ccc(O)cc1C12CCN(CC3CC3)C(C)C1(N)Cc1cc(C(=O)N3Cc4ccccc4C3)c(=O)[nH]c1C2. The number of carbonyl (C=O) groups excluding carboxylic acids is 1. The van der Waals surface area contributed by atoms with E-state index in [9.17, 15) is 14.7 Å². The molecule has 3 heterocycles. The van der Waals surface area contributed by atoms with Crippen LogP contribution >= 0.6 is 0 Å². The summed E-state index contributed by atoms with van der Waals surface area (Å²) in [7, 11) is 0. The number of piperidine rings is 1. The lowest BCUT2D eigenvalue weighted by atomic mass is 9.51. The Labute approximate surface area is 248 Å². The van der Waals surface area contributed by atoms with Crippen molar-refractivity contribution in [2.45, 2.75) is 89.9 Å². The van der Waals surface area contributed by atoms with Crippen LogP contribution in [0.3, 0.4) is 0 Å². The van der Waals surface area contributed by atoms with Crippen molar-refractivity contribution in [3.63, 3.8) is 0 Å². The molecule has 0 spiro atoms. The first-order valence-corrected chi connectivity index (χ1v) is 15.6. The predicted octanol–water partition coefficient (Wildman–Crippen LogP) is 4.81. The molecule has 2 aliphatic heterocycles. The Hall–Kier alpha value is -3.42. The van der Waals surface area contributed by atoms with Crippen LogP contribution in [0.4, 0.5) is 0 Å². The fourth-order valence-corrected chi connectivity index (χ4v) is 7.89. The number of benzene rings is 2. The Morgan fingerprint density at radius 2 is 1.74 bits per heavy atom. The van der Waals surface area contributed by atoms with E-state index in [0.29, 0.717) is 25.9 Å². The fraction of sp³-hybridized carbons (Fsp3) is 0.486. The third-order valence-electron chi connectivity index (χ3n) is 10.5. The van der Waals surface area contributed by atoms with Gasteiger partial charge < -0.3 is 20.7 Å². The molecular formula is C35H44N4O3. The van der Waals surface area contributed by atoms with Gasteiger partial charge in [0, 0.05) is 42.3 Å². The average molecular weight is 569 g/mol. The Bertz CT molecular complexity index is 1550. The molecule has 3 unspecified atom stereocenters. The number of pyridine rings is 1. The van der Waals surface area contributed by atoms with Crippen molar-refractivity contribution in [1.82, 2.24) is 14.8 Å². The van der Waals surface area contributed by atoms with E-state index in [1.165, 1.54) is 12.8 Å². The van der Waals surface area contributed by atoms with Gasteiger partial charge >= 0.3 is 0 Å². The third-order valence-corrected chi connectivity index (χ3v) is 10.5. The molecule has 222 valence electrons. The maximum absolute atomic E-state index is 13.6. The number of fused-ring (bicyclic) bond motifs is 3. The summed E-state index contributed by atoms with van der Waals surface area (Å²) in [5.41, 5.74) is 12.6. The summed E-state index contributed by atoms with van der Waals surface area (Å²) in [4.78, 5) is 34.5. The van der Waals surface area contributed by atoms with Gasteiger partial charge in [-0.25, -0.2) is 0 Å². The number of rotatable bonds is 4. The number of aromatic amines is 1. The van der Waals surface area contributed by atoms with Gasteiger partial charge in [-0.05, 0) is 104 Å². The summed E-state index contributed by atoms with van der Waals surface area (Å²) in [5.74, 6) is 0.748. The van der Waals surface area contributed by atoms with Gasteiger partial charge in [0.1, 0.15) is 11.3 Å². The molecule has 42 heavy (non-hydrogen) atoms. The number of hydrogen-bond donors (Lipinski definition) is 3. The molecule has 7 nitrogen and oxygen atoms in total. The number of aromatic hydroxyl groups is 1. The van der Waals surface area contributed by atoms with Crippen LogP contribution in [0.25, 0.3) is 0 Å². The number of phenols is 1. The lowest BCUT2D eigenvalue weighted by Gasteiger charge is -2.61. The normalized spacial score (nSPS) is 26.5. The minimum absolute atomic E-state index is 0.0934. The van der Waals surface area contributed by atoms with Crippen LogP contribution in [0.15, 0.2) is 53.3 Å². The molecule has 2 aliphatic carbocycles. The molecule has 2 fully saturated rings. The van der Waals surface area contributed by atoms with Crippen molar-refractivity contribution < 1.29 is 9.90 Å². The van der Waals surface area contributed by atoms with Gasteiger partial charge in [-0.2, -0.15) is 0 Å². The largest absolute Gasteiger partial charge is 0.508 e. The number of hydrogen-bond acceptors (Lipinski definition) is 5. The number of likely N-dealkylation sites (tertiary alicyclic amines) is 1. The highest BCUT2D eigenvalue weighted by Gasteiger charge is 2.60. The van der Waals surface area contributed by atoms with Crippen LogP contribution < -0.4 is 11.3 Å². The lowest BCUT2D eigenvalue weighted by molar-refractivity contribution is 0.000864. The van der Waals surface area contributed by atoms with Gasteiger partial charge in [-0.1, -0.05) is 44.2 Å². The highest BCUT2D eigenvalue weighted by Crippen LogP contribution is 2.53. The van der Waals surface area contributed by atoms with Crippen LogP contribution in [0, 0.1) is 12.8 Å². The van der Waals surface area contributed by atoms with E-state index in [4.69, 9.17) is 5.73 Å². The van der Waals surface area contributed by atoms with Gasteiger partial charge in [-0.15, -0.1) is 0 Å². The number of phenolic OH excluding ortho intramolecular Hbond substituents is 1. The molecule has 1 saturated carbocycles. The molecular weight excluding hydrogens is 524 g/mol. The van der Waals surface area contributed by atoms with E-state index in [1.54, 1.807) is 11.0 Å². The van der Waals surface area contributed by atoms with Crippen molar-refractivity contribution in [2.24, 2.45) is 11.7 Å². The molecule has 3 aromatic rings. The maximum atomic E-state index is 13.6. The number of nitrogens with two attached hydrogens (primary N) is 1. The molecule has 1 saturated heterocycles. The smallest absolute Gasteiger partial charge is 0.261 e. The minimum Gasteiger partial charge on any atom is -0.508 e. The van der Waals surface area contributed by atoms with Crippen LogP contribution in [0.2, 0.25) is 0 Å². The van der Waals surface area contributed by atoms with Crippen LogP contribution in [-0.2, 0) is 31.3 Å². The summed E-state index contributed by atoms with van der Waals surface area (Å²) in [6.45, 7) is 11.3. The number of H-pyrrole nitrogens is 1. The molecule has 4 N–H and O–H groups in total. The topological polar surface area (TPSA) is 103 Å². The van der Waals surface area contributed by atoms with Crippen LogP contribution in [0.1, 0.15) is 83.9 Å². The van der Waals surface area contributed by atoms with Gasteiger partial charge in [0.2, 0.25) is 0 Å².